The molecule has 1 aromatic heterocycles. The molecular weight excluding hydrogens is 371 g/mol. The number of nitrogens with zero attached hydrogens (tertiary/aromatic N) is 3. The van der Waals surface area contributed by atoms with Crippen LogP contribution in [0.1, 0.15) is 23.2 Å². The Labute approximate surface area is 188 Å². The summed E-state index contributed by atoms with van der Waals surface area (Å²) in [6.45, 7) is 5.01. The Morgan fingerprint density at radius 1 is 1.10 bits per heavy atom. The quantitative estimate of drug-likeness (QED) is 0.528. The number of aromatic nitrogens is 2. The van der Waals surface area contributed by atoms with Gasteiger partial charge in [-0.05, 0) is 37.9 Å². The molecule has 0 unspecified atom stereocenters. The predicted octanol–water partition coefficient (Wildman–Crippen LogP) is -1.25. The minimum atomic E-state index is -1.17. The zero-order valence-corrected chi connectivity index (χ0v) is 17.4. The van der Waals surface area contributed by atoms with E-state index in [0.29, 0.717) is 23.6 Å². The van der Waals surface area contributed by atoms with Crippen LogP contribution < -0.4 is 29.3 Å². The van der Waals surface area contributed by atoms with Crippen molar-refractivity contribution in [3.05, 3.63) is 54.1 Å². The van der Waals surface area contributed by atoms with E-state index < -0.39 is 5.97 Å². The van der Waals surface area contributed by atoms with Gasteiger partial charge in [0.15, 0.2) is 0 Å². The first kappa shape index (κ1) is 21.1. The van der Waals surface area contributed by atoms with Gasteiger partial charge >= 0.3 is 18.9 Å². The molecule has 0 aliphatic carbocycles. The van der Waals surface area contributed by atoms with Crippen LogP contribution in [0.5, 0.6) is 0 Å². The van der Waals surface area contributed by atoms with Gasteiger partial charge in [-0.3, -0.25) is 0 Å². The number of carbonyl (C=O) groups is 1. The molecule has 0 amide bonds. The Morgan fingerprint density at radius 3 is 2.53 bits per heavy atom. The molecule has 2 bridgehead atoms. The van der Waals surface area contributed by atoms with E-state index in [4.69, 9.17) is 4.98 Å². The Hall–Kier alpha value is -2.10. The molecule has 7 heteroatoms. The van der Waals surface area contributed by atoms with Gasteiger partial charge in [0.1, 0.15) is 5.82 Å². The summed E-state index contributed by atoms with van der Waals surface area (Å²) in [5, 5.41) is 15.5. The predicted molar refractivity (Wildman–Crippen MR) is 110 cm³/mol. The van der Waals surface area contributed by atoms with E-state index in [9.17, 15) is 9.90 Å². The van der Waals surface area contributed by atoms with E-state index in [2.05, 4.69) is 10.2 Å². The molecule has 4 heterocycles. The number of piperidine rings is 3. The van der Waals surface area contributed by atoms with Crippen LogP contribution in [-0.2, 0) is 6.54 Å². The minimum absolute atomic E-state index is 0. The molecule has 30 heavy (non-hydrogen) atoms. The number of aromatic carboxylic acids is 1. The SMILES string of the molecule is O=C([O-])c1cccc2nc(-c3ccccc3)n(CCN[C@H]3CN4CCC3CC4)c12.[Li+]. The van der Waals surface area contributed by atoms with E-state index in [1.54, 1.807) is 12.1 Å². The largest absolute Gasteiger partial charge is 1.00 e. The topological polar surface area (TPSA) is 73.2 Å². The second-order valence-corrected chi connectivity index (χ2v) is 8.11. The number of carboxylic acid groups (broad SMARTS) is 1. The number of para-hydroxylation sites is 1. The van der Waals surface area contributed by atoms with Gasteiger partial charge in [0, 0.05) is 36.8 Å². The number of fused-ring (bicyclic) bond motifs is 4. The summed E-state index contributed by atoms with van der Waals surface area (Å²) >= 11 is 0. The van der Waals surface area contributed by atoms with Gasteiger partial charge in [-0.25, -0.2) is 4.98 Å². The maximum atomic E-state index is 11.7. The molecule has 6 nitrogen and oxygen atoms in total. The van der Waals surface area contributed by atoms with Crippen LogP contribution in [0.25, 0.3) is 22.4 Å². The maximum absolute atomic E-state index is 11.7. The molecule has 3 aliphatic heterocycles. The number of carboxylic acids is 1. The molecule has 150 valence electrons. The van der Waals surface area contributed by atoms with E-state index in [1.807, 2.05) is 41.0 Å². The van der Waals surface area contributed by atoms with Gasteiger partial charge in [-0.15, -0.1) is 0 Å². The van der Waals surface area contributed by atoms with E-state index in [0.717, 1.165) is 30.4 Å². The maximum Gasteiger partial charge on any atom is 1.00 e. The number of nitrogens with one attached hydrogen (secondary N) is 1. The first-order valence-electron chi connectivity index (χ1n) is 10.4. The number of rotatable bonds is 6. The van der Waals surface area contributed by atoms with Gasteiger partial charge in [0.05, 0.1) is 17.0 Å². The fourth-order valence-electron chi connectivity index (χ4n) is 4.93. The average molecular weight is 396 g/mol. The standard InChI is InChI=1S/C23H26N4O2.Li/c28-23(29)18-7-4-8-19-21(18)27(22(25-19)17-5-2-1-3-6-17)14-11-24-20-15-26-12-9-16(20)10-13-26;/h1-8,16,20,24H,9-15H2,(H,28,29);/q;+1/p-1/t20-;/m0./s1. The van der Waals surface area contributed by atoms with Crippen LogP contribution >= 0.6 is 0 Å². The summed E-state index contributed by atoms with van der Waals surface area (Å²) in [5.41, 5.74) is 2.51. The third-order valence-electron chi connectivity index (χ3n) is 6.42. The normalized spacial score (nSPS) is 22.7. The fraction of sp³-hybridized carbons (Fsp3) is 0.391. The number of benzene rings is 2. The van der Waals surface area contributed by atoms with Crippen molar-refractivity contribution in [2.45, 2.75) is 25.4 Å². The minimum Gasteiger partial charge on any atom is -0.545 e. The molecule has 2 aromatic carbocycles. The molecular formula is C23H25LiN4O2. The summed E-state index contributed by atoms with van der Waals surface area (Å²) < 4.78 is 2.03. The number of hydrogen-bond acceptors (Lipinski definition) is 5. The first-order chi connectivity index (χ1) is 14.2. The van der Waals surface area contributed by atoms with Gasteiger partial charge in [-0.2, -0.15) is 0 Å². The summed E-state index contributed by atoms with van der Waals surface area (Å²) in [6, 6.07) is 15.7. The summed E-state index contributed by atoms with van der Waals surface area (Å²) in [5.74, 6) is 0.388. The zero-order chi connectivity index (χ0) is 19.8. The van der Waals surface area contributed by atoms with E-state index >= 15 is 0 Å². The van der Waals surface area contributed by atoms with Gasteiger partial charge in [0.2, 0.25) is 0 Å². The van der Waals surface area contributed by atoms with Crippen molar-refractivity contribution in [2.75, 3.05) is 26.2 Å². The second kappa shape index (κ2) is 8.95. The van der Waals surface area contributed by atoms with Crippen LogP contribution in [-0.4, -0.2) is 52.6 Å². The molecule has 6 rings (SSSR count). The summed E-state index contributed by atoms with van der Waals surface area (Å²) in [7, 11) is 0. The monoisotopic (exact) mass is 396 g/mol. The summed E-state index contributed by atoms with van der Waals surface area (Å²) in [6.07, 6.45) is 2.55. The molecule has 1 N–H and O–H groups in total. The number of hydrogen-bond donors (Lipinski definition) is 1. The Morgan fingerprint density at radius 2 is 1.87 bits per heavy atom. The Bertz CT molecular complexity index is 1030. The second-order valence-electron chi connectivity index (χ2n) is 8.11. The van der Waals surface area contributed by atoms with Gasteiger partial charge < -0.3 is 24.7 Å². The molecule has 3 fully saturated rings. The number of carbonyl (C=O) groups excluding carboxylic acids is 1. The molecule has 1 atom stereocenters. The third kappa shape index (κ3) is 3.93. The molecule has 3 aliphatic rings. The smallest absolute Gasteiger partial charge is 0.545 e. The number of imidazole rings is 1. The van der Waals surface area contributed by atoms with Gasteiger partial charge in [-0.1, -0.05) is 42.5 Å². The third-order valence-corrected chi connectivity index (χ3v) is 6.42. The zero-order valence-electron chi connectivity index (χ0n) is 17.4. The van der Waals surface area contributed by atoms with Crippen LogP contribution in [0, 0.1) is 5.92 Å². The molecule has 3 saturated heterocycles. The van der Waals surface area contributed by atoms with Crippen molar-refractivity contribution < 1.29 is 28.8 Å². The van der Waals surface area contributed by atoms with Gasteiger partial charge in [0.25, 0.3) is 0 Å². The molecule has 0 spiro atoms. The van der Waals surface area contributed by atoms with Crippen molar-refractivity contribution in [3.8, 4) is 11.4 Å². The van der Waals surface area contributed by atoms with E-state index in [1.165, 1.54) is 25.9 Å². The Balaban J connectivity index is 0.00000218. The first-order valence-corrected chi connectivity index (χ1v) is 10.4. The Kier molecular flexibility index (Phi) is 6.31. The molecule has 3 aromatic rings. The van der Waals surface area contributed by atoms with Crippen LogP contribution in [0.15, 0.2) is 48.5 Å². The van der Waals surface area contributed by atoms with Crippen molar-refractivity contribution in [3.63, 3.8) is 0 Å². The van der Waals surface area contributed by atoms with Crippen molar-refractivity contribution in [2.24, 2.45) is 5.92 Å². The van der Waals surface area contributed by atoms with Crippen LogP contribution in [0.4, 0.5) is 0 Å². The molecule has 0 radical (unpaired) electrons. The fourth-order valence-corrected chi connectivity index (χ4v) is 4.93. The van der Waals surface area contributed by atoms with Crippen molar-refractivity contribution in [1.29, 1.82) is 0 Å². The summed E-state index contributed by atoms with van der Waals surface area (Å²) in [4.78, 5) is 19.0. The molecule has 0 saturated carbocycles. The average Bonchev–Trinajstić information content (AvgIpc) is 3.14. The van der Waals surface area contributed by atoms with Crippen molar-refractivity contribution in [1.82, 2.24) is 19.8 Å². The van der Waals surface area contributed by atoms with Crippen LogP contribution in [0.2, 0.25) is 0 Å². The van der Waals surface area contributed by atoms with E-state index in [-0.39, 0.29) is 24.4 Å². The van der Waals surface area contributed by atoms with Crippen molar-refractivity contribution >= 4 is 17.0 Å². The van der Waals surface area contributed by atoms with Crippen LogP contribution in [0.3, 0.4) is 0 Å².